The summed E-state index contributed by atoms with van der Waals surface area (Å²) in [5, 5.41) is 6.77. The normalized spacial score (nSPS) is 15.3. The van der Waals surface area contributed by atoms with Crippen LogP contribution in [0.1, 0.15) is 16.3 Å². The number of carbonyl (C=O) groups excluding carboxylic acids is 3. The molecular weight excluding hydrogens is 242 g/mol. The summed E-state index contributed by atoms with van der Waals surface area (Å²) < 4.78 is 9.55. The first kappa shape index (κ1) is 11.8. The minimum Gasteiger partial charge on any atom is -0.463 e. The highest BCUT2D eigenvalue weighted by molar-refractivity contribution is 6.02. The van der Waals surface area contributed by atoms with E-state index in [1.54, 1.807) is 0 Å². The highest BCUT2D eigenvalue weighted by Gasteiger charge is 2.26. The monoisotopic (exact) mass is 251 g/mol. The van der Waals surface area contributed by atoms with Gasteiger partial charge in [-0.3, -0.25) is 10.1 Å². The van der Waals surface area contributed by atoms with Crippen molar-refractivity contribution in [1.82, 2.24) is 10.3 Å². The summed E-state index contributed by atoms with van der Waals surface area (Å²) in [6, 6.07) is 2.31. The molecule has 0 bridgehead atoms. The number of carbonyl (C=O) groups is 3. The number of hydrazone groups is 1. The number of nitrogens with zero attached hydrogens (tertiary/aromatic N) is 2. The van der Waals surface area contributed by atoms with E-state index in [0.29, 0.717) is 0 Å². The molecule has 1 saturated heterocycles. The van der Waals surface area contributed by atoms with Crippen LogP contribution in [-0.4, -0.2) is 42.8 Å². The van der Waals surface area contributed by atoms with Gasteiger partial charge in [0.2, 0.25) is 11.7 Å². The molecular formula is C10H9N3O5. The summed E-state index contributed by atoms with van der Waals surface area (Å²) in [7, 11) is 1.23. The Bertz CT molecular complexity index is 533. The summed E-state index contributed by atoms with van der Waals surface area (Å²) in [6.45, 7) is -0.139. The van der Waals surface area contributed by atoms with E-state index in [2.05, 4.69) is 15.2 Å². The lowest BCUT2D eigenvalue weighted by molar-refractivity contribution is -0.118. The Balaban J connectivity index is 2.05. The molecule has 0 unspecified atom stereocenters. The molecule has 2 rings (SSSR count). The second-order valence-electron chi connectivity index (χ2n) is 3.35. The third-order valence-electron chi connectivity index (χ3n) is 2.11. The first-order valence-corrected chi connectivity index (χ1v) is 4.93. The number of amides is 3. The van der Waals surface area contributed by atoms with Crippen LogP contribution in [0.3, 0.4) is 0 Å². The third-order valence-corrected chi connectivity index (χ3v) is 2.11. The second kappa shape index (κ2) is 4.70. The number of hydrogen-bond acceptors (Lipinski definition) is 6. The van der Waals surface area contributed by atoms with E-state index in [0.717, 1.165) is 5.01 Å². The van der Waals surface area contributed by atoms with E-state index in [1.807, 2.05) is 0 Å². The third kappa shape index (κ3) is 2.37. The van der Waals surface area contributed by atoms with Crippen molar-refractivity contribution in [2.24, 2.45) is 5.10 Å². The van der Waals surface area contributed by atoms with E-state index in [1.165, 1.54) is 25.5 Å². The zero-order chi connectivity index (χ0) is 13.1. The van der Waals surface area contributed by atoms with Crippen LogP contribution in [0.4, 0.5) is 4.79 Å². The van der Waals surface area contributed by atoms with Crippen molar-refractivity contribution in [3.63, 3.8) is 0 Å². The number of nitrogens with one attached hydrogen (secondary N) is 1. The number of urea groups is 1. The van der Waals surface area contributed by atoms with Gasteiger partial charge >= 0.3 is 12.0 Å². The van der Waals surface area contributed by atoms with E-state index in [4.69, 9.17) is 4.42 Å². The van der Waals surface area contributed by atoms with E-state index in [9.17, 15) is 14.4 Å². The molecule has 1 aromatic heterocycles. The van der Waals surface area contributed by atoms with Crippen molar-refractivity contribution in [2.75, 3.05) is 13.7 Å². The van der Waals surface area contributed by atoms with Crippen LogP contribution in [0.5, 0.6) is 0 Å². The number of ether oxygens (including phenoxy) is 1. The van der Waals surface area contributed by atoms with Gasteiger partial charge in [0.1, 0.15) is 12.3 Å². The maximum absolute atomic E-state index is 11.1. The first-order chi connectivity index (χ1) is 8.60. The van der Waals surface area contributed by atoms with E-state index >= 15 is 0 Å². The van der Waals surface area contributed by atoms with Gasteiger partial charge in [0.05, 0.1) is 13.3 Å². The number of methoxy groups -OCH3 is 1. The summed E-state index contributed by atoms with van der Waals surface area (Å²) in [5.74, 6) is -0.737. The SMILES string of the molecule is COC(=O)c1ccc(/C=N/N2CC(=O)NC2=O)o1. The van der Waals surface area contributed by atoms with Crippen molar-refractivity contribution in [2.45, 2.75) is 0 Å². The van der Waals surface area contributed by atoms with Crippen LogP contribution < -0.4 is 5.32 Å². The standard InChI is InChI=1S/C10H9N3O5/c1-17-9(15)7-3-2-6(18-7)4-11-13-5-8(14)12-10(13)16/h2-4H,5H2,1H3,(H,12,14,16)/b11-4+. The predicted molar refractivity (Wildman–Crippen MR) is 57.9 cm³/mol. The lowest BCUT2D eigenvalue weighted by Crippen LogP contribution is -2.24. The molecule has 1 aliphatic rings. The average molecular weight is 251 g/mol. The lowest BCUT2D eigenvalue weighted by Gasteiger charge is -2.02. The van der Waals surface area contributed by atoms with Gasteiger partial charge in [-0.15, -0.1) is 0 Å². The molecule has 2 heterocycles. The van der Waals surface area contributed by atoms with E-state index in [-0.39, 0.29) is 18.1 Å². The van der Waals surface area contributed by atoms with Crippen molar-refractivity contribution in [3.05, 3.63) is 23.7 Å². The molecule has 1 fully saturated rings. The number of furan rings is 1. The molecule has 0 aromatic carbocycles. The van der Waals surface area contributed by atoms with Crippen molar-refractivity contribution in [1.29, 1.82) is 0 Å². The Kier molecular flexibility index (Phi) is 3.09. The quantitative estimate of drug-likeness (QED) is 0.461. The second-order valence-corrected chi connectivity index (χ2v) is 3.35. The number of rotatable bonds is 3. The van der Waals surface area contributed by atoms with Gasteiger partial charge in [-0.25, -0.2) is 14.6 Å². The molecule has 0 aliphatic carbocycles. The van der Waals surface area contributed by atoms with Gasteiger partial charge < -0.3 is 9.15 Å². The Morgan fingerprint density at radius 3 is 2.94 bits per heavy atom. The van der Waals surface area contributed by atoms with Crippen LogP contribution in [0, 0.1) is 0 Å². The molecule has 0 spiro atoms. The largest absolute Gasteiger partial charge is 0.463 e. The fourth-order valence-corrected chi connectivity index (χ4v) is 1.28. The highest BCUT2D eigenvalue weighted by atomic mass is 16.5. The van der Waals surface area contributed by atoms with Crippen LogP contribution in [-0.2, 0) is 9.53 Å². The smallest absolute Gasteiger partial charge is 0.373 e. The molecule has 8 heteroatoms. The average Bonchev–Trinajstić information content (AvgIpc) is 2.92. The topological polar surface area (TPSA) is 101 Å². The molecule has 1 N–H and O–H groups in total. The number of imide groups is 1. The molecule has 94 valence electrons. The van der Waals surface area contributed by atoms with Crippen molar-refractivity contribution >= 4 is 24.1 Å². The van der Waals surface area contributed by atoms with Crippen molar-refractivity contribution < 1.29 is 23.5 Å². The zero-order valence-electron chi connectivity index (χ0n) is 9.37. The molecule has 18 heavy (non-hydrogen) atoms. The fourth-order valence-electron chi connectivity index (χ4n) is 1.28. The van der Waals surface area contributed by atoms with Gasteiger partial charge in [-0.1, -0.05) is 0 Å². The van der Waals surface area contributed by atoms with Crippen LogP contribution in [0.2, 0.25) is 0 Å². The molecule has 8 nitrogen and oxygen atoms in total. The maximum atomic E-state index is 11.1. The Morgan fingerprint density at radius 2 is 2.33 bits per heavy atom. The van der Waals surface area contributed by atoms with Gasteiger partial charge in [-0.2, -0.15) is 5.10 Å². The van der Waals surface area contributed by atoms with Gasteiger partial charge in [0.25, 0.3) is 0 Å². The summed E-state index contributed by atoms with van der Waals surface area (Å²) in [5.41, 5.74) is 0. The number of esters is 1. The summed E-state index contributed by atoms with van der Waals surface area (Å²) in [4.78, 5) is 33.1. The van der Waals surface area contributed by atoms with Gasteiger partial charge in [0, 0.05) is 0 Å². The zero-order valence-corrected chi connectivity index (χ0v) is 9.37. The lowest BCUT2D eigenvalue weighted by atomic mass is 10.4. The summed E-state index contributed by atoms with van der Waals surface area (Å²) >= 11 is 0. The Hall–Kier alpha value is -2.64. The predicted octanol–water partition coefficient (Wildman–Crippen LogP) is -0.0481. The van der Waals surface area contributed by atoms with E-state index < -0.39 is 17.9 Å². The molecule has 0 saturated carbocycles. The van der Waals surface area contributed by atoms with Crippen LogP contribution in [0.15, 0.2) is 21.7 Å². The van der Waals surface area contributed by atoms with Crippen molar-refractivity contribution in [3.8, 4) is 0 Å². The van der Waals surface area contributed by atoms with Gasteiger partial charge in [0.15, 0.2) is 0 Å². The molecule has 3 amide bonds. The van der Waals surface area contributed by atoms with Crippen LogP contribution in [0.25, 0.3) is 0 Å². The van der Waals surface area contributed by atoms with Gasteiger partial charge in [-0.05, 0) is 12.1 Å². The summed E-state index contributed by atoms with van der Waals surface area (Å²) in [6.07, 6.45) is 1.23. The Morgan fingerprint density at radius 1 is 1.56 bits per heavy atom. The highest BCUT2D eigenvalue weighted by Crippen LogP contribution is 2.07. The molecule has 0 atom stereocenters. The molecule has 1 aromatic rings. The minimum absolute atomic E-state index is 0.0286. The molecule has 0 radical (unpaired) electrons. The number of hydrogen-bond donors (Lipinski definition) is 1. The fraction of sp³-hybridized carbons (Fsp3) is 0.200. The minimum atomic E-state index is -0.608. The van der Waals surface area contributed by atoms with Crippen LogP contribution >= 0.6 is 0 Å². The Labute approximate surface area is 101 Å². The maximum Gasteiger partial charge on any atom is 0.373 e. The first-order valence-electron chi connectivity index (χ1n) is 4.93. The molecule has 1 aliphatic heterocycles.